The first-order chi connectivity index (χ1) is 10.3. The molecule has 0 radical (unpaired) electrons. The lowest BCUT2D eigenvalue weighted by atomic mass is 10.1. The van der Waals surface area contributed by atoms with Crippen molar-refractivity contribution in [3.05, 3.63) is 66.5 Å². The quantitative estimate of drug-likeness (QED) is 0.626. The molecule has 0 spiro atoms. The molecular weight excluding hydrogens is 262 g/mol. The lowest BCUT2D eigenvalue weighted by Crippen LogP contribution is -2.05. The fraction of sp³-hybridized carbons (Fsp3) is 0. The maximum Gasteiger partial charge on any atom is 0.257 e. The van der Waals surface area contributed by atoms with Crippen LogP contribution in [0.3, 0.4) is 0 Å². The molecule has 0 bridgehead atoms. The van der Waals surface area contributed by atoms with Crippen LogP contribution in [-0.2, 0) is 4.79 Å². The van der Waals surface area contributed by atoms with Crippen molar-refractivity contribution >= 4 is 33.8 Å². The Balaban J connectivity index is 1.67. The first kappa shape index (κ1) is 11.8. The Morgan fingerprint density at radius 3 is 2.90 bits per heavy atom. The second-order valence-corrected chi connectivity index (χ2v) is 4.98. The van der Waals surface area contributed by atoms with Crippen molar-refractivity contribution in [3.63, 3.8) is 0 Å². The number of aromatic nitrogens is 1. The van der Waals surface area contributed by atoms with E-state index in [9.17, 15) is 4.79 Å². The van der Waals surface area contributed by atoms with Crippen molar-refractivity contribution in [2.45, 2.75) is 0 Å². The van der Waals surface area contributed by atoms with Crippen LogP contribution in [0.1, 0.15) is 5.56 Å². The fourth-order valence-electron chi connectivity index (χ4n) is 2.58. The second kappa shape index (κ2) is 4.52. The van der Waals surface area contributed by atoms with Gasteiger partial charge >= 0.3 is 0 Å². The third-order valence-corrected chi connectivity index (χ3v) is 3.65. The molecule has 4 nitrogen and oxygen atoms in total. The van der Waals surface area contributed by atoms with E-state index < -0.39 is 0 Å². The topological polar surface area (TPSA) is 56.9 Å². The number of rotatable bonds is 2. The molecule has 0 fully saturated rings. The van der Waals surface area contributed by atoms with E-state index in [4.69, 9.17) is 0 Å². The first-order valence-electron chi connectivity index (χ1n) is 6.76. The molecule has 1 aliphatic rings. The zero-order valence-electron chi connectivity index (χ0n) is 11.2. The highest BCUT2D eigenvalue weighted by atomic mass is 16.2. The number of carbonyl (C=O) groups is 1. The summed E-state index contributed by atoms with van der Waals surface area (Å²) in [6, 6.07) is 15.7. The first-order valence-corrected chi connectivity index (χ1v) is 6.76. The maximum absolute atomic E-state index is 12.0. The molecular formula is C17H13N3O. The number of nitrogens with one attached hydrogen (secondary N) is 3. The van der Waals surface area contributed by atoms with Crippen LogP contribution in [0.15, 0.2) is 60.9 Å². The summed E-state index contributed by atoms with van der Waals surface area (Å²) in [7, 11) is 0. The van der Waals surface area contributed by atoms with E-state index in [0.717, 1.165) is 27.8 Å². The van der Waals surface area contributed by atoms with E-state index in [1.165, 1.54) is 0 Å². The zero-order chi connectivity index (χ0) is 14.2. The van der Waals surface area contributed by atoms with Gasteiger partial charge in [-0.25, -0.2) is 0 Å². The molecule has 4 heteroatoms. The normalized spacial score (nSPS) is 15.2. The molecule has 3 N–H and O–H groups in total. The molecule has 102 valence electrons. The molecule has 2 heterocycles. The number of hydrogen-bond donors (Lipinski definition) is 3. The van der Waals surface area contributed by atoms with E-state index in [1.807, 2.05) is 54.7 Å². The Morgan fingerprint density at radius 2 is 1.95 bits per heavy atom. The Hall–Kier alpha value is -3.01. The van der Waals surface area contributed by atoms with Crippen LogP contribution in [0.25, 0.3) is 16.5 Å². The summed E-state index contributed by atoms with van der Waals surface area (Å²) in [5, 5.41) is 7.19. The van der Waals surface area contributed by atoms with Gasteiger partial charge in [-0.15, -0.1) is 0 Å². The average molecular weight is 275 g/mol. The summed E-state index contributed by atoms with van der Waals surface area (Å²) in [5.41, 5.74) is 4.48. The van der Waals surface area contributed by atoms with Gasteiger partial charge < -0.3 is 15.6 Å². The van der Waals surface area contributed by atoms with Crippen LogP contribution in [-0.4, -0.2) is 10.9 Å². The maximum atomic E-state index is 12.0. The Morgan fingerprint density at radius 1 is 1.05 bits per heavy atom. The van der Waals surface area contributed by atoms with Gasteiger partial charge in [0.05, 0.1) is 5.57 Å². The number of H-pyrrole nitrogens is 1. The van der Waals surface area contributed by atoms with Crippen LogP contribution in [0.4, 0.5) is 11.4 Å². The third kappa shape index (κ3) is 1.97. The molecule has 0 aliphatic carbocycles. The molecule has 4 rings (SSSR count). The van der Waals surface area contributed by atoms with Crippen molar-refractivity contribution in [3.8, 4) is 0 Å². The molecule has 0 atom stereocenters. The van der Waals surface area contributed by atoms with Gasteiger partial charge in [0.2, 0.25) is 0 Å². The standard InChI is InChI=1S/C17H13N3O/c21-17-14(13-3-1-2-4-16(13)20-17)10-19-12-5-6-15-11(9-12)7-8-18-15/h1-10,18-19H,(H,20,21). The zero-order valence-corrected chi connectivity index (χ0v) is 11.2. The van der Waals surface area contributed by atoms with Crippen LogP contribution in [0, 0.1) is 0 Å². The molecule has 3 aromatic rings. The van der Waals surface area contributed by atoms with Gasteiger partial charge in [0, 0.05) is 40.2 Å². The van der Waals surface area contributed by atoms with Gasteiger partial charge in [-0.3, -0.25) is 4.79 Å². The lowest BCUT2D eigenvalue weighted by molar-refractivity contribution is -0.110. The Bertz CT molecular complexity index is 876. The molecule has 1 amide bonds. The number of anilines is 2. The summed E-state index contributed by atoms with van der Waals surface area (Å²) in [5.74, 6) is -0.0774. The number of amides is 1. The van der Waals surface area contributed by atoms with Crippen LogP contribution >= 0.6 is 0 Å². The van der Waals surface area contributed by atoms with Gasteiger partial charge in [-0.2, -0.15) is 0 Å². The van der Waals surface area contributed by atoms with E-state index in [2.05, 4.69) is 15.6 Å². The number of para-hydroxylation sites is 1. The Labute approximate surface area is 121 Å². The van der Waals surface area contributed by atoms with E-state index >= 15 is 0 Å². The smallest absolute Gasteiger partial charge is 0.257 e. The summed E-state index contributed by atoms with van der Waals surface area (Å²) < 4.78 is 0. The lowest BCUT2D eigenvalue weighted by Gasteiger charge is -2.03. The molecule has 0 saturated heterocycles. The highest BCUT2D eigenvalue weighted by Gasteiger charge is 2.23. The number of hydrogen-bond acceptors (Lipinski definition) is 2. The van der Waals surface area contributed by atoms with Crippen LogP contribution in [0.5, 0.6) is 0 Å². The highest BCUT2D eigenvalue weighted by molar-refractivity contribution is 6.31. The van der Waals surface area contributed by atoms with Gasteiger partial charge in [0.1, 0.15) is 0 Å². The molecule has 1 aliphatic heterocycles. The van der Waals surface area contributed by atoms with Gasteiger partial charge in [-0.05, 0) is 30.3 Å². The average Bonchev–Trinajstić information content (AvgIpc) is 3.08. The Kier molecular flexibility index (Phi) is 2.54. The van der Waals surface area contributed by atoms with Crippen LogP contribution in [0.2, 0.25) is 0 Å². The monoisotopic (exact) mass is 275 g/mol. The number of aromatic amines is 1. The molecule has 2 aromatic carbocycles. The van der Waals surface area contributed by atoms with Crippen molar-refractivity contribution in [1.29, 1.82) is 0 Å². The van der Waals surface area contributed by atoms with E-state index in [-0.39, 0.29) is 5.91 Å². The highest BCUT2D eigenvalue weighted by Crippen LogP contribution is 2.31. The summed E-state index contributed by atoms with van der Waals surface area (Å²) >= 11 is 0. The van der Waals surface area contributed by atoms with Crippen molar-refractivity contribution in [2.24, 2.45) is 0 Å². The van der Waals surface area contributed by atoms with Crippen molar-refractivity contribution in [2.75, 3.05) is 10.6 Å². The van der Waals surface area contributed by atoms with Gasteiger partial charge in [0.25, 0.3) is 5.91 Å². The summed E-state index contributed by atoms with van der Waals surface area (Å²) in [6.45, 7) is 0. The molecule has 0 unspecified atom stereocenters. The minimum absolute atomic E-state index is 0.0774. The predicted octanol–water partition coefficient (Wildman–Crippen LogP) is 3.57. The minimum Gasteiger partial charge on any atom is -0.361 e. The fourth-order valence-corrected chi connectivity index (χ4v) is 2.58. The number of benzene rings is 2. The third-order valence-electron chi connectivity index (χ3n) is 3.65. The number of fused-ring (bicyclic) bond motifs is 2. The van der Waals surface area contributed by atoms with Crippen LogP contribution < -0.4 is 10.6 Å². The van der Waals surface area contributed by atoms with Crippen molar-refractivity contribution in [1.82, 2.24) is 4.98 Å². The second-order valence-electron chi connectivity index (χ2n) is 4.98. The van der Waals surface area contributed by atoms with E-state index in [0.29, 0.717) is 5.57 Å². The number of carbonyl (C=O) groups excluding carboxylic acids is 1. The van der Waals surface area contributed by atoms with Gasteiger partial charge in [0.15, 0.2) is 0 Å². The largest absolute Gasteiger partial charge is 0.361 e. The summed E-state index contributed by atoms with van der Waals surface area (Å²) in [6.07, 6.45) is 3.67. The minimum atomic E-state index is -0.0774. The van der Waals surface area contributed by atoms with E-state index in [1.54, 1.807) is 6.20 Å². The predicted molar refractivity (Wildman–Crippen MR) is 85.0 cm³/mol. The SMILES string of the molecule is O=C1Nc2ccccc2C1=CNc1ccc2[nH]ccc2c1. The summed E-state index contributed by atoms with van der Waals surface area (Å²) in [4.78, 5) is 15.2. The molecule has 21 heavy (non-hydrogen) atoms. The van der Waals surface area contributed by atoms with Gasteiger partial charge in [-0.1, -0.05) is 18.2 Å². The molecule has 0 saturated carbocycles. The van der Waals surface area contributed by atoms with Crippen molar-refractivity contribution < 1.29 is 4.79 Å². The molecule has 1 aromatic heterocycles.